The summed E-state index contributed by atoms with van der Waals surface area (Å²) in [5.74, 6) is 1.15. The fraction of sp³-hybridized carbons (Fsp3) is 0.375. The minimum absolute atomic E-state index is 0.117. The first-order valence-corrected chi connectivity index (χ1v) is 11.1. The van der Waals surface area contributed by atoms with Crippen LogP contribution >= 0.6 is 11.3 Å². The van der Waals surface area contributed by atoms with E-state index < -0.39 is 11.7 Å². The van der Waals surface area contributed by atoms with E-state index in [9.17, 15) is 4.79 Å². The molecule has 5 nitrogen and oxygen atoms in total. The van der Waals surface area contributed by atoms with Gasteiger partial charge in [0, 0.05) is 16.5 Å². The van der Waals surface area contributed by atoms with Gasteiger partial charge in [-0.25, -0.2) is 0 Å². The second-order valence-electron chi connectivity index (χ2n) is 8.35. The van der Waals surface area contributed by atoms with E-state index in [0.29, 0.717) is 25.7 Å². The molecule has 4 rings (SSSR count). The molecule has 0 saturated carbocycles. The first-order valence-electron chi connectivity index (χ1n) is 10.2. The second-order valence-corrected chi connectivity index (χ2v) is 9.33. The number of amides is 1. The lowest BCUT2D eigenvalue weighted by Crippen LogP contribution is -2.45. The quantitative estimate of drug-likeness (QED) is 0.556. The zero-order chi connectivity index (χ0) is 21.1. The fourth-order valence-corrected chi connectivity index (χ4v) is 4.08. The molecule has 30 heavy (non-hydrogen) atoms. The minimum Gasteiger partial charge on any atom is -0.493 e. The molecule has 1 amide bonds. The number of hydrogen-bond donors (Lipinski definition) is 1. The van der Waals surface area contributed by atoms with Crippen LogP contribution in [-0.4, -0.2) is 25.7 Å². The first kappa shape index (κ1) is 20.8. The molecule has 2 aromatic carbocycles. The summed E-state index contributed by atoms with van der Waals surface area (Å²) in [4.78, 5) is 14.1. The standard InChI is InChI=1S/C24H27NO4S/c1-16(2)13-27-20-11-10-19(17-7-4-5-8-18(17)20)25-23(26)24(3)14-28-22(29-15-24)21-9-6-12-30-21/h4-12,16,22H,13-15H2,1-3H3,(H,25,26). The van der Waals surface area contributed by atoms with Crippen LogP contribution in [0.15, 0.2) is 53.9 Å². The van der Waals surface area contributed by atoms with Crippen molar-refractivity contribution in [1.82, 2.24) is 0 Å². The smallest absolute Gasteiger partial charge is 0.235 e. The SMILES string of the molecule is CC(C)COc1ccc(NC(=O)C2(C)COC(c3cccs3)OC2)c2ccccc12. The van der Waals surface area contributed by atoms with Crippen molar-refractivity contribution in [1.29, 1.82) is 0 Å². The van der Waals surface area contributed by atoms with Crippen molar-refractivity contribution in [3.63, 3.8) is 0 Å². The summed E-state index contributed by atoms with van der Waals surface area (Å²) >= 11 is 1.59. The fourth-order valence-electron chi connectivity index (χ4n) is 3.37. The van der Waals surface area contributed by atoms with E-state index >= 15 is 0 Å². The van der Waals surface area contributed by atoms with Crippen molar-refractivity contribution in [3.8, 4) is 5.75 Å². The van der Waals surface area contributed by atoms with Crippen LogP contribution < -0.4 is 10.1 Å². The average Bonchev–Trinajstić information content (AvgIpc) is 3.28. The Labute approximate surface area is 181 Å². The van der Waals surface area contributed by atoms with Crippen molar-refractivity contribution in [2.75, 3.05) is 25.1 Å². The highest BCUT2D eigenvalue weighted by molar-refractivity contribution is 7.10. The van der Waals surface area contributed by atoms with Gasteiger partial charge in [-0.3, -0.25) is 4.79 Å². The van der Waals surface area contributed by atoms with Gasteiger partial charge in [-0.1, -0.05) is 44.2 Å². The third-order valence-electron chi connectivity index (χ3n) is 5.13. The Morgan fingerprint density at radius 1 is 1.13 bits per heavy atom. The molecule has 1 aliphatic heterocycles. The lowest BCUT2D eigenvalue weighted by atomic mass is 9.90. The van der Waals surface area contributed by atoms with Gasteiger partial charge < -0.3 is 19.5 Å². The molecule has 1 aliphatic rings. The predicted octanol–water partition coefficient (Wildman–Crippen LogP) is 5.63. The molecular formula is C24H27NO4S. The number of carbonyl (C=O) groups excluding carboxylic acids is 1. The highest BCUT2D eigenvalue weighted by atomic mass is 32.1. The predicted molar refractivity (Wildman–Crippen MR) is 120 cm³/mol. The molecule has 0 aliphatic carbocycles. The molecule has 1 saturated heterocycles. The van der Waals surface area contributed by atoms with E-state index in [1.165, 1.54) is 0 Å². The van der Waals surface area contributed by atoms with Gasteiger partial charge in [0.25, 0.3) is 0 Å². The van der Waals surface area contributed by atoms with Crippen LogP contribution in [0.2, 0.25) is 0 Å². The van der Waals surface area contributed by atoms with Gasteiger partial charge >= 0.3 is 0 Å². The molecule has 6 heteroatoms. The van der Waals surface area contributed by atoms with Gasteiger partial charge in [-0.2, -0.15) is 0 Å². The number of hydrogen-bond acceptors (Lipinski definition) is 5. The van der Waals surface area contributed by atoms with E-state index in [0.717, 1.165) is 27.1 Å². The molecule has 0 unspecified atom stereocenters. The summed E-state index contributed by atoms with van der Waals surface area (Å²) in [7, 11) is 0. The minimum atomic E-state index is -0.762. The molecule has 0 bridgehead atoms. The number of carbonyl (C=O) groups is 1. The summed E-state index contributed by atoms with van der Waals surface area (Å²) in [6.07, 6.45) is -0.399. The third-order valence-corrected chi connectivity index (χ3v) is 6.03. The van der Waals surface area contributed by atoms with Gasteiger partial charge in [0.2, 0.25) is 5.91 Å². The normalized spacial score (nSPS) is 21.7. The summed E-state index contributed by atoms with van der Waals surface area (Å²) in [5.41, 5.74) is -0.00380. The Morgan fingerprint density at radius 3 is 2.53 bits per heavy atom. The topological polar surface area (TPSA) is 56.8 Å². The molecule has 2 heterocycles. The van der Waals surface area contributed by atoms with Crippen LogP contribution in [0.4, 0.5) is 5.69 Å². The maximum absolute atomic E-state index is 13.1. The zero-order valence-electron chi connectivity index (χ0n) is 17.5. The lowest BCUT2D eigenvalue weighted by Gasteiger charge is -2.35. The number of fused-ring (bicyclic) bond motifs is 1. The van der Waals surface area contributed by atoms with Crippen molar-refractivity contribution < 1.29 is 19.0 Å². The highest BCUT2D eigenvalue weighted by Crippen LogP contribution is 2.36. The van der Waals surface area contributed by atoms with E-state index in [1.54, 1.807) is 11.3 Å². The molecule has 0 radical (unpaired) electrons. The number of ether oxygens (including phenoxy) is 3. The van der Waals surface area contributed by atoms with Crippen molar-refractivity contribution in [3.05, 3.63) is 58.8 Å². The monoisotopic (exact) mass is 425 g/mol. The molecule has 1 N–H and O–H groups in total. The molecule has 158 valence electrons. The first-order chi connectivity index (χ1) is 14.5. The Kier molecular flexibility index (Phi) is 6.09. The van der Waals surface area contributed by atoms with E-state index in [4.69, 9.17) is 14.2 Å². The van der Waals surface area contributed by atoms with Gasteiger partial charge in [-0.05, 0) is 36.4 Å². The maximum Gasteiger partial charge on any atom is 0.235 e. The van der Waals surface area contributed by atoms with E-state index in [2.05, 4.69) is 19.2 Å². The van der Waals surface area contributed by atoms with Crippen LogP contribution in [0.5, 0.6) is 5.75 Å². The number of anilines is 1. The highest BCUT2D eigenvalue weighted by Gasteiger charge is 2.40. The van der Waals surface area contributed by atoms with Crippen molar-refractivity contribution in [2.45, 2.75) is 27.1 Å². The average molecular weight is 426 g/mol. The van der Waals surface area contributed by atoms with E-state index in [-0.39, 0.29) is 5.91 Å². The molecule has 0 spiro atoms. The summed E-state index contributed by atoms with van der Waals surface area (Å²) in [5, 5.41) is 7.00. The van der Waals surface area contributed by atoms with Crippen molar-refractivity contribution >= 4 is 33.7 Å². The number of nitrogens with one attached hydrogen (secondary N) is 1. The lowest BCUT2D eigenvalue weighted by molar-refractivity contribution is -0.225. The largest absolute Gasteiger partial charge is 0.493 e. The van der Waals surface area contributed by atoms with E-state index in [1.807, 2.05) is 60.8 Å². The summed E-state index contributed by atoms with van der Waals surface area (Å²) < 4.78 is 17.7. The molecule has 1 aromatic heterocycles. The van der Waals surface area contributed by atoms with Gasteiger partial charge in [-0.15, -0.1) is 11.3 Å². The molecular weight excluding hydrogens is 398 g/mol. The second kappa shape index (κ2) is 8.76. The van der Waals surface area contributed by atoms with Crippen LogP contribution in [0, 0.1) is 11.3 Å². The van der Waals surface area contributed by atoms with Crippen LogP contribution in [0.25, 0.3) is 10.8 Å². The Morgan fingerprint density at radius 2 is 1.87 bits per heavy atom. The zero-order valence-corrected chi connectivity index (χ0v) is 18.3. The van der Waals surface area contributed by atoms with Gasteiger partial charge in [0.1, 0.15) is 5.75 Å². The number of benzene rings is 2. The summed E-state index contributed by atoms with van der Waals surface area (Å²) in [6, 6.07) is 15.7. The van der Waals surface area contributed by atoms with Crippen LogP contribution in [-0.2, 0) is 14.3 Å². The number of thiophene rings is 1. The maximum atomic E-state index is 13.1. The molecule has 1 fully saturated rings. The Bertz CT molecular complexity index is 1010. The third kappa shape index (κ3) is 4.36. The van der Waals surface area contributed by atoms with Crippen LogP contribution in [0.3, 0.4) is 0 Å². The van der Waals surface area contributed by atoms with Gasteiger partial charge in [0.05, 0.1) is 30.1 Å². The number of rotatable bonds is 6. The van der Waals surface area contributed by atoms with Crippen LogP contribution in [0.1, 0.15) is 31.9 Å². The van der Waals surface area contributed by atoms with Gasteiger partial charge in [0.15, 0.2) is 6.29 Å². The summed E-state index contributed by atoms with van der Waals surface area (Å²) in [6.45, 7) is 7.36. The Balaban J connectivity index is 1.50. The van der Waals surface area contributed by atoms with Crippen molar-refractivity contribution in [2.24, 2.45) is 11.3 Å². The molecule has 3 aromatic rings. The Hall–Kier alpha value is -2.41. The molecule has 0 atom stereocenters.